The Labute approximate surface area is 92.8 Å². The van der Waals surface area contributed by atoms with Gasteiger partial charge in [-0.25, -0.2) is 0 Å². The standard InChI is InChI=1S/C10H14N2O4/c1-12(4-5-13)10(15)9(14)11-7-8-3-2-6-16-8/h2-3,6,13H,4-5,7H2,1H3,(H,11,14). The van der Waals surface area contributed by atoms with Gasteiger partial charge in [0.15, 0.2) is 0 Å². The fourth-order valence-electron chi connectivity index (χ4n) is 1.08. The maximum atomic E-state index is 11.4. The van der Waals surface area contributed by atoms with Gasteiger partial charge in [0.25, 0.3) is 0 Å². The van der Waals surface area contributed by atoms with Gasteiger partial charge < -0.3 is 19.7 Å². The SMILES string of the molecule is CN(CCO)C(=O)C(=O)NCc1ccco1. The summed E-state index contributed by atoms with van der Waals surface area (Å²) < 4.78 is 4.99. The molecule has 1 aromatic rings. The van der Waals surface area contributed by atoms with Crippen molar-refractivity contribution in [3.05, 3.63) is 24.2 Å². The lowest BCUT2D eigenvalue weighted by molar-refractivity contribution is -0.145. The average molecular weight is 226 g/mol. The fraction of sp³-hybridized carbons (Fsp3) is 0.400. The van der Waals surface area contributed by atoms with E-state index in [1.807, 2.05) is 0 Å². The number of hydrogen-bond donors (Lipinski definition) is 2. The number of aliphatic hydroxyl groups excluding tert-OH is 1. The third kappa shape index (κ3) is 3.39. The Morgan fingerprint density at radius 2 is 2.31 bits per heavy atom. The van der Waals surface area contributed by atoms with E-state index in [1.54, 1.807) is 12.1 Å². The fourth-order valence-corrected chi connectivity index (χ4v) is 1.08. The number of rotatable bonds is 4. The van der Waals surface area contributed by atoms with E-state index < -0.39 is 11.8 Å². The topological polar surface area (TPSA) is 82.8 Å². The van der Waals surface area contributed by atoms with Crippen LogP contribution in [0.3, 0.4) is 0 Å². The molecule has 0 unspecified atom stereocenters. The number of amides is 2. The molecule has 16 heavy (non-hydrogen) atoms. The largest absolute Gasteiger partial charge is 0.467 e. The predicted molar refractivity (Wildman–Crippen MR) is 55.3 cm³/mol. The zero-order valence-corrected chi connectivity index (χ0v) is 8.97. The van der Waals surface area contributed by atoms with Crippen molar-refractivity contribution in [3.63, 3.8) is 0 Å². The Bertz CT molecular complexity index is 348. The number of carbonyl (C=O) groups excluding carboxylic acids is 2. The summed E-state index contributed by atoms with van der Waals surface area (Å²) in [6.45, 7) is 0.130. The Balaban J connectivity index is 2.37. The van der Waals surface area contributed by atoms with Crippen molar-refractivity contribution >= 4 is 11.8 Å². The molecule has 0 aliphatic heterocycles. The van der Waals surface area contributed by atoms with E-state index in [2.05, 4.69) is 5.32 Å². The average Bonchev–Trinajstić information content (AvgIpc) is 2.78. The molecular weight excluding hydrogens is 212 g/mol. The van der Waals surface area contributed by atoms with Gasteiger partial charge in [0.2, 0.25) is 0 Å². The van der Waals surface area contributed by atoms with Crippen molar-refractivity contribution in [2.45, 2.75) is 6.54 Å². The Hall–Kier alpha value is -1.82. The molecule has 6 nitrogen and oxygen atoms in total. The molecule has 0 aliphatic carbocycles. The van der Waals surface area contributed by atoms with Gasteiger partial charge in [-0.3, -0.25) is 9.59 Å². The summed E-state index contributed by atoms with van der Waals surface area (Å²) in [6.07, 6.45) is 1.49. The van der Waals surface area contributed by atoms with Crippen LogP contribution < -0.4 is 5.32 Å². The van der Waals surface area contributed by atoms with E-state index >= 15 is 0 Å². The van der Waals surface area contributed by atoms with Gasteiger partial charge in [-0.1, -0.05) is 0 Å². The number of hydrogen-bond acceptors (Lipinski definition) is 4. The maximum absolute atomic E-state index is 11.4. The highest BCUT2D eigenvalue weighted by Gasteiger charge is 2.17. The van der Waals surface area contributed by atoms with Gasteiger partial charge in [0.1, 0.15) is 5.76 Å². The lowest BCUT2D eigenvalue weighted by Gasteiger charge is -2.14. The maximum Gasteiger partial charge on any atom is 0.311 e. The van der Waals surface area contributed by atoms with Crippen LogP contribution in [-0.4, -0.2) is 42.0 Å². The second kappa shape index (κ2) is 5.92. The molecule has 2 N–H and O–H groups in total. The summed E-state index contributed by atoms with van der Waals surface area (Å²) >= 11 is 0. The van der Waals surface area contributed by atoms with Crippen LogP contribution >= 0.6 is 0 Å². The number of likely N-dealkylation sites (N-methyl/N-ethyl adjacent to an activating group) is 1. The first-order valence-electron chi connectivity index (χ1n) is 4.81. The van der Waals surface area contributed by atoms with Crippen LogP contribution in [0.25, 0.3) is 0 Å². The van der Waals surface area contributed by atoms with Gasteiger partial charge in [-0.05, 0) is 12.1 Å². The molecule has 1 rings (SSSR count). The minimum atomic E-state index is -0.715. The number of nitrogens with zero attached hydrogens (tertiary/aromatic N) is 1. The van der Waals surface area contributed by atoms with E-state index in [1.165, 1.54) is 13.3 Å². The van der Waals surface area contributed by atoms with Crippen LogP contribution in [0.5, 0.6) is 0 Å². The number of aliphatic hydroxyl groups is 1. The van der Waals surface area contributed by atoms with E-state index in [-0.39, 0.29) is 19.7 Å². The Morgan fingerprint density at radius 3 is 2.88 bits per heavy atom. The molecule has 0 saturated heterocycles. The summed E-state index contributed by atoms with van der Waals surface area (Å²) in [6, 6.07) is 3.39. The predicted octanol–water partition coefficient (Wildman–Crippen LogP) is -0.653. The molecule has 1 aromatic heterocycles. The quantitative estimate of drug-likeness (QED) is 0.668. The summed E-state index contributed by atoms with van der Waals surface area (Å²) in [5.74, 6) is -0.820. The highest BCUT2D eigenvalue weighted by molar-refractivity contribution is 6.34. The minimum Gasteiger partial charge on any atom is -0.467 e. The first-order valence-corrected chi connectivity index (χ1v) is 4.81. The van der Waals surface area contributed by atoms with Gasteiger partial charge >= 0.3 is 11.8 Å². The molecule has 0 aromatic carbocycles. The molecule has 6 heteroatoms. The van der Waals surface area contributed by atoms with Crippen molar-refractivity contribution in [1.29, 1.82) is 0 Å². The van der Waals surface area contributed by atoms with Crippen molar-refractivity contribution in [3.8, 4) is 0 Å². The van der Waals surface area contributed by atoms with Crippen LogP contribution in [0.15, 0.2) is 22.8 Å². The minimum absolute atomic E-state index is 0.132. The smallest absolute Gasteiger partial charge is 0.311 e. The third-order valence-electron chi connectivity index (χ3n) is 1.98. The second-order valence-electron chi connectivity index (χ2n) is 3.21. The van der Waals surface area contributed by atoms with E-state index in [9.17, 15) is 9.59 Å². The molecule has 0 fully saturated rings. The normalized spacial score (nSPS) is 9.88. The van der Waals surface area contributed by atoms with Gasteiger partial charge in [-0.2, -0.15) is 0 Å². The number of carbonyl (C=O) groups is 2. The molecule has 0 saturated carbocycles. The molecule has 0 aliphatic rings. The molecular formula is C10H14N2O4. The van der Waals surface area contributed by atoms with Crippen molar-refractivity contribution in [2.24, 2.45) is 0 Å². The van der Waals surface area contributed by atoms with Gasteiger partial charge in [0.05, 0.1) is 19.4 Å². The lowest BCUT2D eigenvalue weighted by Crippen LogP contribution is -2.41. The van der Waals surface area contributed by atoms with Crippen molar-refractivity contribution in [1.82, 2.24) is 10.2 Å². The van der Waals surface area contributed by atoms with Crippen LogP contribution in [0.1, 0.15) is 5.76 Å². The van der Waals surface area contributed by atoms with E-state index in [0.29, 0.717) is 5.76 Å². The highest BCUT2D eigenvalue weighted by Crippen LogP contribution is 1.98. The summed E-state index contributed by atoms with van der Waals surface area (Å²) in [7, 11) is 1.45. The van der Waals surface area contributed by atoms with Crippen LogP contribution in [-0.2, 0) is 16.1 Å². The molecule has 2 amide bonds. The zero-order chi connectivity index (χ0) is 12.0. The molecule has 0 spiro atoms. The highest BCUT2D eigenvalue weighted by atomic mass is 16.3. The van der Waals surface area contributed by atoms with E-state index in [4.69, 9.17) is 9.52 Å². The molecule has 0 bridgehead atoms. The number of furan rings is 1. The molecule has 0 atom stereocenters. The Morgan fingerprint density at radius 1 is 1.56 bits per heavy atom. The van der Waals surface area contributed by atoms with E-state index in [0.717, 1.165) is 4.90 Å². The lowest BCUT2D eigenvalue weighted by atomic mass is 10.4. The monoisotopic (exact) mass is 226 g/mol. The first kappa shape index (κ1) is 12.3. The van der Waals surface area contributed by atoms with Crippen LogP contribution in [0, 0.1) is 0 Å². The number of nitrogens with one attached hydrogen (secondary N) is 1. The van der Waals surface area contributed by atoms with Crippen LogP contribution in [0.2, 0.25) is 0 Å². The second-order valence-corrected chi connectivity index (χ2v) is 3.21. The van der Waals surface area contributed by atoms with Crippen LogP contribution in [0.4, 0.5) is 0 Å². The summed E-state index contributed by atoms with van der Waals surface area (Å²) in [5.41, 5.74) is 0. The zero-order valence-electron chi connectivity index (χ0n) is 8.97. The molecule has 0 radical (unpaired) electrons. The third-order valence-corrected chi connectivity index (χ3v) is 1.98. The van der Waals surface area contributed by atoms with Crippen molar-refractivity contribution < 1.29 is 19.1 Å². The van der Waals surface area contributed by atoms with Gasteiger partial charge in [0, 0.05) is 13.6 Å². The van der Waals surface area contributed by atoms with Gasteiger partial charge in [-0.15, -0.1) is 0 Å². The summed E-state index contributed by atoms with van der Waals surface area (Å²) in [4.78, 5) is 23.8. The van der Waals surface area contributed by atoms with Crippen molar-refractivity contribution in [2.75, 3.05) is 20.2 Å². The summed E-state index contributed by atoms with van der Waals surface area (Å²) in [5, 5.41) is 11.0. The first-order chi connectivity index (χ1) is 7.65. The molecule has 1 heterocycles. The molecule has 88 valence electrons. The Kier molecular flexibility index (Phi) is 4.53.